The van der Waals surface area contributed by atoms with Crippen molar-refractivity contribution in [2.45, 2.75) is 25.3 Å². The van der Waals surface area contributed by atoms with Gasteiger partial charge in [0, 0.05) is 0 Å². The number of anilines is 1. The summed E-state index contributed by atoms with van der Waals surface area (Å²) in [4.78, 5) is 2.46. The molecule has 1 unspecified atom stereocenters. The van der Waals surface area contributed by atoms with Gasteiger partial charge in [-0.2, -0.15) is 0 Å². The van der Waals surface area contributed by atoms with Crippen LogP contribution in [0.3, 0.4) is 0 Å². The Morgan fingerprint density at radius 3 is 3.22 bits per heavy atom. The topological polar surface area (TPSA) is 41.0 Å². The molecule has 1 aliphatic rings. The van der Waals surface area contributed by atoms with Gasteiger partial charge in [0.05, 0.1) is 0 Å². The van der Waals surface area contributed by atoms with E-state index in [1.165, 1.54) is 25.8 Å². The van der Waals surface area contributed by atoms with Crippen LogP contribution < -0.4 is 5.32 Å². The molecule has 4 nitrogen and oxygen atoms in total. The molecule has 5 heteroatoms. The van der Waals surface area contributed by atoms with Gasteiger partial charge in [-0.05, 0) is 0 Å². The van der Waals surface area contributed by atoms with Gasteiger partial charge in [0.25, 0.3) is 0 Å². The van der Waals surface area contributed by atoms with E-state index in [0.717, 1.165) is 23.3 Å². The number of hydrogen-bond donors (Lipinski definition) is 1. The predicted molar refractivity (Wildman–Crippen MR) is 75.2 cm³/mol. The van der Waals surface area contributed by atoms with Gasteiger partial charge in [0.2, 0.25) is 0 Å². The zero-order valence-corrected chi connectivity index (χ0v) is 12.3. The fourth-order valence-corrected chi connectivity index (χ4v) is 3.73. The molecule has 1 saturated heterocycles. The summed E-state index contributed by atoms with van der Waals surface area (Å²) in [6.45, 7) is 2.23. The summed E-state index contributed by atoms with van der Waals surface area (Å²) in [7, 11) is 2.23. The Morgan fingerprint density at radius 1 is 1.39 bits per heavy atom. The first-order valence-corrected chi connectivity index (χ1v) is 8.03. The summed E-state index contributed by atoms with van der Waals surface area (Å²) >= 11 is 0.0573. The Bertz CT molecular complexity index is 524. The average Bonchev–Trinajstić information content (AvgIpc) is 2.86. The zero-order valence-electron chi connectivity index (χ0n) is 10.6. The van der Waals surface area contributed by atoms with Gasteiger partial charge < -0.3 is 0 Å². The van der Waals surface area contributed by atoms with Crippen molar-refractivity contribution in [3.05, 3.63) is 18.2 Å². The molecule has 0 amide bonds. The molecule has 3 rings (SSSR count). The Kier molecular flexibility index (Phi) is 3.64. The second kappa shape index (κ2) is 5.39. The first-order valence-electron chi connectivity index (χ1n) is 6.50. The minimum atomic E-state index is 0.0573. The monoisotopic (exact) mass is 310 g/mol. The van der Waals surface area contributed by atoms with Gasteiger partial charge in [-0.15, -0.1) is 0 Å². The number of likely N-dealkylation sites (tertiary alicyclic amines) is 1. The van der Waals surface area contributed by atoms with Gasteiger partial charge >= 0.3 is 113 Å². The summed E-state index contributed by atoms with van der Waals surface area (Å²) in [5.74, 6) is 0. The summed E-state index contributed by atoms with van der Waals surface area (Å²) < 4.78 is 8.92. The minimum absolute atomic E-state index is 0.0573. The van der Waals surface area contributed by atoms with E-state index in [9.17, 15) is 0 Å². The molecule has 1 fully saturated rings. The van der Waals surface area contributed by atoms with Crippen molar-refractivity contribution in [3.8, 4) is 0 Å². The first-order chi connectivity index (χ1) is 8.84. The van der Waals surface area contributed by atoms with Crippen LogP contribution in [-0.2, 0) is 0 Å². The van der Waals surface area contributed by atoms with E-state index in [0.29, 0.717) is 6.04 Å². The van der Waals surface area contributed by atoms with Crippen LogP contribution in [0.5, 0.6) is 0 Å². The molecular weight excluding hydrogens is 291 g/mol. The maximum absolute atomic E-state index is 4.50. The predicted octanol–water partition coefficient (Wildman–Crippen LogP) is 1.58. The first kappa shape index (κ1) is 12.1. The molecule has 0 radical (unpaired) electrons. The average molecular weight is 309 g/mol. The Hall–Kier alpha value is -0.901. The number of rotatable bonds is 3. The van der Waals surface area contributed by atoms with E-state index >= 15 is 0 Å². The van der Waals surface area contributed by atoms with Crippen molar-refractivity contribution >= 4 is 31.7 Å². The van der Waals surface area contributed by atoms with Gasteiger partial charge in [0.1, 0.15) is 0 Å². The quantitative estimate of drug-likeness (QED) is 0.874. The van der Waals surface area contributed by atoms with E-state index in [2.05, 4.69) is 37.4 Å². The summed E-state index contributed by atoms with van der Waals surface area (Å²) in [5, 5.41) is 3.56. The fourth-order valence-electron chi connectivity index (χ4n) is 2.58. The Balaban J connectivity index is 1.71. The van der Waals surface area contributed by atoms with Crippen LogP contribution in [0.15, 0.2) is 18.2 Å². The molecule has 96 valence electrons. The number of likely N-dealkylation sites (N-methyl/N-ethyl adjacent to an activating group) is 1. The van der Waals surface area contributed by atoms with Gasteiger partial charge in [0.15, 0.2) is 0 Å². The van der Waals surface area contributed by atoms with Crippen LogP contribution in [0.1, 0.15) is 19.3 Å². The number of nitrogens with zero attached hydrogens (tertiary/aromatic N) is 3. The third kappa shape index (κ3) is 2.44. The second-order valence-electron chi connectivity index (χ2n) is 4.95. The van der Waals surface area contributed by atoms with Crippen molar-refractivity contribution in [1.29, 1.82) is 0 Å². The number of aromatic nitrogens is 2. The molecule has 1 aromatic heterocycles. The van der Waals surface area contributed by atoms with Crippen LogP contribution in [0, 0.1) is 0 Å². The molecular formula is C13H18N4Se. The third-order valence-corrected chi connectivity index (χ3v) is 4.87. The van der Waals surface area contributed by atoms with Crippen molar-refractivity contribution in [1.82, 2.24) is 12.9 Å². The van der Waals surface area contributed by atoms with Crippen LogP contribution in [0.25, 0.3) is 11.0 Å². The van der Waals surface area contributed by atoms with E-state index < -0.39 is 0 Å². The molecule has 18 heavy (non-hydrogen) atoms. The number of benzene rings is 1. The third-order valence-electron chi connectivity index (χ3n) is 3.74. The number of piperidine rings is 1. The molecule has 0 bridgehead atoms. The standard InChI is InChI=1S/C13H18N4Se/c1-17-8-3-2-5-10(17)9-14-11-6-4-7-12-13(11)16-18-15-12/h4,6-7,10,14H,2-3,5,8-9H2,1H3. The number of hydrogen-bond acceptors (Lipinski definition) is 4. The summed E-state index contributed by atoms with van der Waals surface area (Å²) in [5.41, 5.74) is 3.27. The second-order valence-corrected chi connectivity index (χ2v) is 6.06. The molecule has 0 saturated carbocycles. The molecule has 1 aliphatic heterocycles. The molecule has 2 heterocycles. The van der Waals surface area contributed by atoms with E-state index in [-0.39, 0.29) is 15.0 Å². The number of nitrogens with one attached hydrogen (secondary N) is 1. The fraction of sp³-hybridized carbons (Fsp3) is 0.538. The van der Waals surface area contributed by atoms with Crippen LogP contribution in [0.2, 0.25) is 0 Å². The molecule has 2 aromatic rings. The summed E-state index contributed by atoms with van der Waals surface area (Å²) in [6.07, 6.45) is 3.99. The van der Waals surface area contributed by atoms with Crippen LogP contribution in [0.4, 0.5) is 5.69 Å². The molecule has 1 atom stereocenters. The number of fused-ring (bicyclic) bond motifs is 1. The normalized spacial score (nSPS) is 21.3. The molecule has 0 spiro atoms. The van der Waals surface area contributed by atoms with Crippen molar-refractivity contribution in [2.75, 3.05) is 25.5 Å². The van der Waals surface area contributed by atoms with Crippen molar-refractivity contribution < 1.29 is 0 Å². The van der Waals surface area contributed by atoms with Crippen molar-refractivity contribution in [2.24, 2.45) is 0 Å². The zero-order chi connectivity index (χ0) is 12.4. The van der Waals surface area contributed by atoms with Gasteiger partial charge in [-0.25, -0.2) is 0 Å². The van der Waals surface area contributed by atoms with Gasteiger partial charge in [-0.1, -0.05) is 0 Å². The van der Waals surface area contributed by atoms with Crippen LogP contribution in [-0.4, -0.2) is 54.0 Å². The maximum atomic E-state index is 4.50. The van der Waals surface area contributed by atoms with Crippen LogP contribution >= 0.6 is 0 Å². The summed E-state index contributed by atoms with van der Waals surface area (Å²) in [6, 6.07) is 6.87. The van der Waals surface area contributed by atoms with E-state index in [1.54, 1.807) is 0 Å². The van der Waals surface area contributed by atoms with Gasteiger partial charge in [-0.3, -0.25) is 0 Å². The molecule has 0 aliphatic carbocycles. The Morgan fingerprint density at radius 2 is 2.33 bits per heavy atom. The van der Waals surface area contributed by atoms with E-state index in [4.69, 9.17) is 0 Å². The SMILES string of the molecule is CN1CCCCC1CNc1cccc2n[se]nc12. The molecule has 1 N–H and O–H groups in total. The van der Waals surface area contributed by atoms with Crippen molar-refractivity contribution in [3.63, 3.8) is 0 Å². The Labute approximate surface area is 114 Å². The van der Waals surface area contributed by atoms with E-state index in [1.807, 2.05) is 6.07 Å². The molecule has 1 aromatic carbocycles.